The lowest BCUT2D eigenvalue weighted by Gasteiger charge is -2.25. The van der Waals surface area contributed by atoms with Crippen LogP contribution in [0.15, 0.2) is 24.3 Å². The molecule has 0 spiro atoms. The van der Waals surface area contributed by atoms with Crippen molar-refractivity contribution in [3.8, 4) is 5.75 Å². The molecule has 1 heterocycles. The third kappa shape index (κ3) is 4.20. The smallest absolute Gasteiger partial charge is 0.119 e. The van der Waals surface area contributed by atoms with Crippen molar-refractivity contribution in [3.63, 3.8) is 0 Å². The minimum absolute atomic E-state index is 0.0966. The highest BCUT2D eigenvalue weighted by Gasteiger charge is 2.17. The van der Waals surface area contributed by atoms with Crippen LogP contribution in [0.2, 0.25) is 0 Å². The Balaban J connectivity index is 1.91. The van der Waals surface area contributed by atoms with E-state index in [1.54, 1.807) is 7.11 Å². The Kier molecular flexibility index (Phi) is 5.63. The van der Waals surface area contributed by atoms with Gasteiger partial charge < -0.3 is 19.9 Å². The maximum Gasteiger partial charge on any atom is 0.119 e. The minimum atomic E-state index is -0.0966. The van der Waals surface area contributed by atoms with E-state index in [4.69, 9.17) is 19.9 Å². The molecule has 0 saturated carbocycles. The first-order valence-electron chi connectivity index (χ1n) is 6.90. The van der Waals surface area contributed by atoms with Crippen LogP contribution in [-0.2, 0) is 9.47 Å². The number of hydrogen-bond acceptors (Lipinski definition) is 4. The average Bonchev–Trinajstić information content (AvgIpc) is 2.49. The van der Waals surface area contributed by atoms with Crippen molar-refractivity contribution in [2.24, 2.45) is 5.73 Å². The lowest BCUT2D eigenvalue weighted by molar-refractivity contribution is -0.0618. The van der Waals surface area contributed by atoms with Gasteiger partial charge in [-0.2, -0.15) is 0 Å². The highest BCUT2D eigenvalue weighted by molar-refractivity contribution is 5.30. The van der Waals surface area contributed by atoms with Crippen molar-refractivity contribution in [2.75, 3.05) is 26.9 Å². The zero-order chi connectivity index (χ0) is 13.5. The molecule has 2 rings (SSSR count). The van der Waals surface area contributed by atoms with E-state index in [1.807, 2.05) is 24.3 Å². The van der Waals surface area contributed by atoms with Gasteiger partial charge in [-0.1, -0.05) is 12.1 Å². The fourth-order valence-corrected chi connectivity index (χ4v) is 2.30. The summed E-state index contributed by atoms with van der Waals surface area (Å²) in [6.07, 6.45) is 3.58. The van der Waals surface area contributed by atoms with Gasteiger partial charge in [0.1, 0.15) is 5.75 Å². The van der Waals surface area contributed by atoms with Gasteiger partial charge in [0.05, 0.1) is 25.9 Å². The van der Waals surface area contributed by atoms with Crippen molar-refractivity contribution >= 4 is 0 Å². The lowest BCUT2D eigenvalue weighted by Crippen LogP contribution is -2.27. The van der Waals surface area contributed by atoms with Crippen molar-refractivity contribution in [1.82, 2.24) is 0 Å². The van der Waals surface area contributed by atoms with Crippen LogP contribution in [0.25, 0.3) is 0 Å². The molecule has 2 N–H and O–H groups in total. The van der Waals surface area contributed by atoms with Crippen LogP contribution in [0.1, 0.15) is 30.9 Å². The van der Waals surface area contributed by atoms with E-state index in [0.29, 0.717) is 13.2 Å². The Morgan fingerprint density at radius 2 is 2.32 bits per heavy atom. The van der Waals surface area contributed by atoms with E-state index < -0.39 is 0 Å². The molecule has 0 radical (unpaired) electrons. The maximum absolute atomic E-state index is 5.91. The summed E-state index contributed by atoms with van der Waals surface area (Å²) in [4.78, 5) is 0. The number of nitrogens with two attached hydrogens (primary N) is 1. The Morgan fingerprint density at radius 3 is 3.00 bits per heavy atom. The third-order valence-electron chi connectivity index (χ3n) is 3.44. The predicted octanol–water partition coefficient (Wildman–Crippen LogP) is 2.28. The third-order valence-corrected chi connectivity index (χ3v) is 3.44. The van der Waals surface area contributed by atoms with E-state index in [9.17, 15) is 0 Å². The number of benzene rings is 1. The van der Waals surface area contributed by atoms with E-state index in [-0.39, 0.29) is 12.2 Å². The summed E-state index contributed by atoms with van der Waals surface area (Å²) < 4.78 is 16.8. The van der Waals surface area contributed by atoms with Crippen molar-refractivity contribution in [3.05, 3.63) is 29.8 Å². The van der Waals surface area contributed by atoms with Crippen LogP contribution in [0.4, 0.5) is 0 Å². The molecule has 1 aliphatic rings. The van der Waals surface area contributed by atoms with Crippen LogP contribution in [0, 0.1) is 0 Å². The fourth-order valence-electron chi connectivity index (χ4n) is 2.30. The van der Waals surface area contributed by atoms with Crippen molar-refractivity contribution in [2.45, 2.75) is 31.5 Å². The highest BCUT2D eigenvalue weighted by atomic mass is 16.5. The molecule has 106 valence electrons. The molecule has 1 fully saturated rings. The molecule has 4 heteroatoms. The number of rotatable bonds is 6. The Morgan fingerprint density at radius 1 is 1.42 bits per heavy atom. The van der Waals surface area contributed by atoms with Gasteiger partial charge in [-0.25, -0.2) is 0 Å². The molecule has 0 bridgehead atoms. The number of ether oxygens (including phenoxy) is 3. The Hall–Kier alpha value is -1.10. The van der Waals surface area contributed by atoms with Crippen LogP contribution in [0.5, 0.6) is 5.75 Å². The maximum atomic E-state index is 5.91. The highest BCUT2D eigenvalue weighted by Crippen LogP contribution is 2.22. The molecule has 4 nitrogen and oxygen atoms in total. The van der Waals surface area contributed by atoms with Crippen molar-refractivity contribution in [1.29, 1.82) is 0 Å². The Bertz CT molecular complexity index is 377. The van der Waals surface area contributed by atoms with E-state index in [1.165, 1.54) is 6.42 Å². The summed E-state index contributed by atoms with van der Waals surface area (Å²) in [5.74, 6) is 0.827. The monoisotopic (exact) mass is 265 g/mol. The van der Waals surface area contributed by atoms with Gasteiger partial charge in [0.25, 0.3) is 0 Å². The second kappa shape index (κ2) is 7.48. The largest absolute Gasteiger partial charge is 0.497 e. The molecular weight excluding hydrogens is 242 g/mol. The average molecular weight is 265 g/mol. The van der Waals surface area contributed by atoms with Crippen LogP contribution in [0.3, 0.4) is 0 Å². The second-order valence-corrected chi connectivity index (χ2v) is 4.82. The zero-order valence-electron chi connectivity index (χ0n) is 11.5. The molecular formula is C15H23NO3. The molecule has 1 aromatic carbocycles. The van der Waals surface area contributed by atoms with Gasteiger partial charge in [0.2, 0.25) is 0 Å². The van der Waals surface area contributed by atoms with E-state index in [0.717, 1.165) is 30.8 Å². The summed E-state index contributed by atoms with van der Waals surface area (Å²) in [6.45, 7) is 1.92. The second-order valence-electron chi connectivity index (χ2n) is 4.82. The fraction of sp³-hybridized carbons (Fsp3) is 0.600. The lowest BCUT2D eigenvalue weighted by atomic mass is 10.1. The van der Waals surface area contributed by atoms with Crippen LogP contribution >= 0.6 is 0 Å². The van der Waals surface area contributed by atoms with Gasteiger partial charge in [-0.05, 0) is 37.0 Å². The summed E-state index contributed by atoms with van der Waals surface area (Å²) in [5.41, 5.74) is 6.86. The van der Waals surface area contributed by atoms with Gasteiger partial charge >= 0.3 is 0 Å². The zero-order valence-corrected chi connectivity index (χ0v) is 11.5. The minimum Gasteiger partial charge on any atom is -0.497 e. The molecule has 1 aliphatic heterocycles. The first-order valence-corrected chi connectivity index (χ1v) is 6.90. The van der Waals surface area contributed by atoms with E-state index >= 15 is 0 Å². The normalized spacial score (nSPS) is 21.1. The van der Waals surface area contributed by atoms with Crippen molar-refractivity contribution < 1.29 is 14.2 Å². The Labute approximate surface area is 114 Å². The molecule has 1 saturated heterocycles. The SMILES string of the molecule is COc1cccc(C(CN)OCC2CCCCO2)c1. The summed E-state index contributed by atoms with van der Waals surface area (Å²) >= 11 is 0. The first kappa shape index (κ1) is 14.3. The standard InChI is InChI=1S/C15H23NO3/c1-17-13-7-4-5-12(9-13)15(10-16)19-11-14-6-2-3-8-18-14/h4-5,7,9,14-15H,2-3,6,8,10-11,16H2,1H3. The van der Waals surface area contributed by atoms with Gasteiger partial charge in [0, 0.05) is 13.2 Å². The van der Waals surface area contributed by atoms with E-state index in [2.05, 4.69) is 0 Å². The van der Waals surface area contributed by atoms with Crippen LogP contribution in [-0.4, -0.2) is 33.0 Å². The van der Waals surface area contributed by atoms with Crippen LogP contribution < -0.4 is 10.5 Å². The summed E-state index contributed by atoms with van der Waals surface area (Å²) in [5, 5.41) is 0. The molecule has 0 aromatic heterocycles. The molecule has 2 unspecified atom stereocenters. The molecule has 0 amide bonds. The summed E-state index contributed by atoms with van der Waals surface area (Å²) in [7, 11) is 1.66. The molecule has 1 aromatic rings. The number of methoxy groups -OCH3 is 1. The predicted molar refractivity (Wildman–Crippen MR) is 74.3 cm³/mol. The first-order chi connectivity index (χ1) is 9.33. The quantitative estimate of drug-likeness (QED) is 0.857. The summed E-state index contributed by atoms with van der Waals surface area (Å²) in [6, 6.07) is 7.86. The number of hydrogen-bond donors (Lipinski definition) is 1. The topological polar surface area (TPSA) is 53.7 Å². The molecule has 0 aliphatic carbocycles. The van der Waals surface area contributed by atoms with Gasteiger partial charge in [0.15, 0.2) is 0 Å². The van der Waals surface area contributed by atoms with Gasteiger partial charge in [-0.15, -0.1) is 0 Å². The van der Waals surface area contributed by atoms with Gasteiger partial charge in [-0.3, -0.25) is 0 Å². The molecule has 2 atom stereocenters. The molecule has 19 heavy (non-hydrogen) atoms.